The van der Waals surface area contributed by atoms with E-state index in [1.54, 1.807) is 0 Å². The van der Waals surface area contributed by atoms with Crippen LogP contribution in [0.3, 0.4) is 0 Å². The molecule has 0 aromatic heterocycles. The molecule has 3 saturated heterocycles. The average molecular weight is 897 g/mol. The van der Waals surface area contributed by atoms with E-state index in [1.807, 2.05) is 0 Å². The van der Waals surface area contributed by atoms with Gasteiger partial charge in [-0.25, -0.2) is 0 Å². The van der Waals surface area contributed by atoms with Gasteiger partial charge in [0.15, 0.2) is 12.6 Å². The first kappa shape index (κ1) is 48.1. The second-order valence-corrected chi connectivity index (χ2v) is 23.0. The van der Waals surface area contributed by atoms with E-state index < -0.39 is 104 Å². The number of aliphatic hydroxyl groups excluding tert-OH is 9. The third kappa shape index (κ3) is 7.51. The number of aliphatic hydroxyl groups is 9. The molecule has 7 fully saturated rings. The molecule has 4 saturated carbocycles. The minimum Gasteiger partial charge on any atom is -0.432 e. The molecule has 0 amide bonds. The Bertz CT molecular complexity index is 1720. The zero-order chi connectivity index (χ0) is 46.0. The Morgan fingerprint density at radius 2 is 1.38 bits per heavy atom. The molecule has 63 heavy (non-hydrogen) atoms. The van der Waals surface area contributed by atoms with E-state index in [2.05, 4.69) is 54.5 Å². The van der Waals surface area contributed by atoms with Crippen LogP contribution in [0, 0.1) is 50.2 Å². The maximum atomic E-state index is 14.7. The van der Waals surface area contributed by atoms with Crippen LogP contribution >= 0.6 is 0 Å². The second-order valence-electron chi connectivity index (χ2n) is 23.0. The normalized spacial score (nSPS) is 54.1. The molecule has 0 bridgehead atoms. The van der Waals surface area contributed by atoms with Gasteiger partial charge in [-0.1, -0.05) is 60.1 Å². The molecule has 8 aliphatic rings. The summed E-state index contributed by atoms with van der Waals surface area (Å²) in [4.78, 5) is 14.7. The van der Waals surface area contributed by atoms with E-state index >= 15 is 0 Å². The van der Waals surface area contributed by atoms with Crippen molar-refractivity contribution in [2.75, 3.05) is 13.2 Å². The molecule has 4 unspecified atom stereocenters. The van der Waals surface area contributed by atoms with E-state index in [9.17, 15) is 50.8 Å². The number of carbonyl (C=O) groups is 1. The summed E-state index contributed by atoms with van der Waals surface area (Å²) in [5, 5.41) is 94.8. The predicted molar refractivity (Wildman–Crippen MR) is 223 cm³/mol. The number of fused-ring (bicyclic) bond motifs is 7. The molecule has 8 rings (SSSR count). The van der Waals surface area contributed by atoms with Gasteiger partial charge < -0.3 is 74.4 Å². The first-order chi connectivity index (χ1) is 29.4. The third-order valence-electron chi connectivity index (χ3n) is 18.9. The Hall–Kier alpha value is -1.35. The van der Waals surface area contributed by atoms with Crippen molar-refractivity contribution < 1.29 is 79.2 Å². The van der Waals surface area contributed by atoms with E-state index in [-0.39, 0.29) is 51.6 Å². The van der Waals surface area contributed by atoms with Crippen molar-refractivity contribution in [3.63, 3.8) is 0 Å². The van der Waals surface area contributed by atoms with Gasteiger partial charge >= 0.3 is 5.97 Å². The first-order valence-electron chi connectivity index (χ1n) is 23.6. The molecule has 0 radical (unpaired) electrons. The predicted octanol–water partition coefficient (Wildman–Crippen LogP) is 1.81. The summed E-state index contributed by atoms with van der Waals surface area (Å²) in [5.74, 6) is -0.0269. The van der Waals surface area contributed by atoms with Gasteiger partial charge in [0.2, 0.25) is 6.29 Å². The molecule has 0 spiro atoms. The van der Waals surface area contributed by atoms with Crippen LogP contribution in [0.15, 0.2) is 11.6 Å². The van der Waals surface area contributed by atoms with Gasteiger partial charge in [-0.15, -0.1) is 0 Å². The number of allylic oxidation sites excluding steroid dienone is 2. The van der Waals surface area contributed by atoms with Crippen molar-refractivity contribution in [1.29, 1.82) is 0 Å². The lowest BCUT2D eigenvalue weighted by molar-refractivity contribution is -0.364. The number of ether oxygens (including phenoxy) is 6. The molecule has 3 heterocycles. The molecule has 0 aromatic carbocycles. The number of hydrogen-bond acceptors (Lipinski definition) is 16. The average Bonchev–Trinajstić information content (AvgIpc) is 3.22. The third-order valence-corrected chi connectivity index (χ3v) is 18.9. The largest absolute Gasteiger partial charge is 0.432 e. The van der Waals surface area contributed by atoms with Crippen LogP contribution in [-0.2, 0) is 33.2 Å². The molecule has 3 aliphatic heterocycles. The van der Waals surface area contributed by atoms with Crippen molar-refractivity contribution in [1.82, 2.24) is 0 Å². The molecule has 360 valence electrons. The fraction of sp³-hybridized carbons (Fsp3) is 0.936. The standard InChI is InChI=1S/C47H76O16/c1-22-30(50)33(53)35(55)38(59-22)62-37-31(51)25(49)21-58-40(37)61-29-12-13-44(6)27(43(29,4)5)11-14-46(8)28(44)10-9-23-24-19-42(2,3)15-17-47(24,18-16-45(23,46)7)41(57)63-39-36(56)34(54)32(52)26(20-48)60-39/h9,22,24-40,48-56H,10-21H2,1-8H3/t22-,24?,25+,26-,27?,28?,29?,30-,31-,32-,33-,34+,35-,36-,37-,38+,39+,40+,44+,45-,46-,47+/m1/s1. The molecule has 5 aliphatic carbocycles. The number of rotatable bonds is 7. The summed E-state index contributed by atoms with van der Waals surface area (Å²) >= 11 is 0. The first-order valence-corrected chi connectivity index (χ1v) is 23.6. The molecule has 16 heteroatoms. The fourth-order valence-corrected chi connectivity index (χ4v) is 14.7. The highest BCUT2D eigenvalue weighted by atomic mass is 16.8. The zero-order valence-electron chi connectivity index (χ0n) is 38.3. The van der Waals surface area contributed by atoms with Crippen molar-refractivity contribution in [2.45, 2.75) is 212 Å². The van der Waals surface area contributed by atoms with E-state index in [4.69, 9.17) is 28.4 Å². The molecule has 16 nitrogen and oxygen atoms in total. The van der Waals surface area contributed by atoms with E-state index in [0.29, 0.717) is 25.2 Å². The topological polar surface area (TPSA) is 255 Å². The summed E-state index contributed by atoms with van der Waals surface area (Å²) in [6.07, 6.45) is -9.47. The van der Waals surface area contributed by atoms with Gasteiger partial charge in [-0.05, 0) is 116 Å². The molecular weight excluding hydrogens is 821 g/mol. The van der Waals surface area contributed by atoms with Gasteiger partial charge in [-0.2, -0.15) is 0 Å². The number of hydrogen-bond donors (Lipinski definition) is 9. The second kappa shape index (κ2) is 16.7. The Morgan fingerprint density at radius 3 is 2.08 bits per heavy atom. The van der Waals surface area contributed by atoms with Gasteiger partial charge in [0, 0.05) is 0 Å². The Balaban J connectivity index is 1.03. The van der Waals surface area contributed by atoms with E-state index in [0.717, 1.165) is 44.9 Å². The molecule has 9 N–H and O–H groups in total. The van der Waals surface area contributed by atoms with Crippen molar-refractivity contribution in [2.24, 2.45) is 50.2 Å². The maximum Gasteiger partial charge on any atom is 0.315 e. The van der Waals surface area contributed by atoms with Crippen LogP contribution in [0.4, 0.5) is 0 Å². The van der Waals surface area contributed by atoms with Gasteiger partial charge in [0.25, 0.3) is 0 Å². The smallest absolute Gasteiger partial charge is 0.315 e. The van der Waals surface area contributed by atoms with Gasteiger partial charge in [-0.3, -0.25) is 4.79 Å². The minimum absolute atomic E-state index is 0.0356. The monoisotopic (exact) mass is 897 g/mol. The Labute approximate surface area is 371 Å². The van der Waals surface area contributed by atoms with Gasteiger partial charge in [0.05, 0.1) is 30.8 Å². The van der Waals surface area contributed by atoms with Crippen molar-refractivity contribution in [3.05, 3.63) is 11.6 Å². The molecule has 22 atom stereocenters. The summed E-state index contributed by atoms with van der Waals surface area (Å²) < 4.78 is 36.2. The summed E-state index contributed by atoms with van der Waals surface area (Å²) in [7, 11) is 0. The Morgan fingerprint density at radius 1 is 0.714 bits per heavy atom. The maximum absolute atomic E-state index is 14.7. The zero-order valence-corrected chi connectivity index (χ0v) is 38.3. The van der Waals surface area contributed by atoms with Crippen LogP contribution in [0.5, 0.6) is 0 Å². The van der Waals surface area contributed by atoms with Crippen LogP contribution in [-0.4, -0.2) is 157 Å². The van der Waals surface area contributed by atoms with Crippen LogP contribution < -0.4 is 0 Å². The lowest BCUT2D eigenvalue weighted by Gasteiger charge is -2.71. The highest BCUT2D eigenvalue weighted by Crippen LogP contribution is 2.76. The van der Waals surface area contributed by atoms with Crippen molar-refractivity contribution in [3.8, 4) is 0 Å². The number of esters is 1. The lowest BCUT2D eigenvalue weighted by Crippen LogP contribution is -2.66. The van der Waals surface area contributed by atoms with Crippen LogP contribution in [0.1, 0.15) is 120 Å². The summed E-state index contributed by atoms with van der Waals surface area (Å²) in [6.45, 7) is 17.1. The molecular formula is C47H76O16. The summed E-state index contributed by atoms with van der Waals surface area (Å²) in [6, 6.07) is 0. The van der Waals surface area contributed by atoms with Crippen LogP contribution in [0.2, 0.25) is 0 Å². The summed E-state index contributed by atoms with van der Waals surface area (Å²) in [5.41, 5.74) is -0.377. The quantitative estimate of drug-likeness (QED) is 0.100. The van der Waals surface area contributed by atoms with E-state index in [1.165, 1.54) is 12.5 Å². The number of carbonyl (C=O) groups excluding carboxylic acids is 1. The SMILES string of the molecule is C[C@H]1O[C@@H](O[C@H]2[C@H](OC3CC[C@@]4(C)C(CC[C@]5(C)C4CC=C4C6CC(C)(C)CC[C@]6(C(=O)O[C@@H]6O[C@H](CO)[C@@H](O)[C@H](O)[C@H]6O)CC[C@]45C)C3(C)C)OC[C@H](O)[C@H]2O)[C@H](O)[C@H](O)[C@@H]1O. The fourth-order valence-electron chi connectivity index (χ4n) is 14.7. The lowest BCUT2D eigenvalue weighted by atomic mass is 9.33. The van der Waals surface area contributed by atoms with Crippen LogP contribution in [0.25, 0.3) is 0 Å². The highest BCUT2D eigenvalue weighted by molar-refractivity contribution is 5.79. The molecule has 0 aromatic rings. The van der Waals surface area contributed by atoms with Crippen molar-refractivity contribution >= 4 is 5.97 Å². The van der Waals surface area contributed by atoms with Gasteiger partial charge in [0.1, 0.15) is 61.0 Å². The highest BCUT2D eigenvalue weighted by Gasteiger charge is 2.70. The minimum atomic E-state index is -1.67. The Kier molecular flexibility index (Phi) is 12.8.